The second-order valence-corrected chi connectivity index (χ2v) is 9.50. The highest BCUT2D eigenvalue weighted by molar-refractivity contribution is 8.26. The van der Waals surface area contributed by atoms with Crippen LogP contribution in [0, 0.1) is 10.8 Å². The molecule has 0 aromatic heterocycles. The Kier molecular flexibility index (Phi) is 10.2. The predicted molar refractivity (Wildman–Crippen MR) is 91.5 cm³/mol. The molecule has 0 amide bonds. The molecule has 0 unspecified atom stereocenters. The summed E-state index contributed by atoms with van der Waals surface area (Å²) in [5.74, 6) is -0.664. The van der Waals surface area contributed by atoms with Crippen molar-refractivity contribution in [3.8, 4) is 0 Å². The lowest BCUT2D eigenvalue weighted by molar-refractivity contribution is -0.137. The van der Waals surface area contributed by atoms with Crippen molar-refractivity contribution in [2.24, 2.45) is 10.8 Å². The van der Waals surface area contributed by atoms with Crippen LogP contribution < -0.4 is 0 Å². The Morgan fingerprint density at radius 2 is 1.32 bits per heavy atom. The minimum atomic E-state index is -1.67. The molecule has 2 rings (SSSR count). The Morgan fingerprint density at radius 3 is 1.55 bits per heavy atom. The molecule has 2 aliphatic rings. The molecule has 0 heterocycles. The van der Waals surface area contributed by atoms with E-state index in [0.717, 1.165) is 12.8 Å². The highest BCUT2D eigenvalue weighted by atomic mass is 36.0. The van der Waals surface area contributed by atoms with Crippen LogP contribution in [0.25, 0.3) is 0 Å². The molecule has 130 valence electrons. The number of rotatable bonds is 6. The van der Waals surface area contributed by atoms with Gasteiger partial charge in [-0.1, -0.05) is 13.8 Å². The van der Waals surface area contributed by atoms with Crippen LogP contribution in [-0.4, -0.2) is 20.5 Å². The Labute approximate surface area is 148 Å². The van der Waals surface area contributed by atoms with Crippen LogP contribution in [0.1, 0.15) is 65.2 Å². The van der Waals surface area contributed by atoms with E-state index in [-0.39, 0.29) is 5.24 Å². The molecule has 0 atom stereocenters. The van der Waals surface area contributed by atoms with Gasteiger partial charge in [-0.2, -0.15) is 0 Å². The molecule has 0 saturated heterocycles. The van der Waals surface area contributed by atoms with E-state index < -0.39 is 15.2 Å². The standard InChI is InChI=1S/C7H11ClO.C7H12O2.Cl2OS/c2*1-7(4-5-7)3-2-6(8)9;1-4(2)3/h2-5H2,1H3;2-5H2,1H3,(H,8,9);. The molecular formula is C14H23Cl3O4S. The van der Waals surface area contributed by atoms with Gasteiger partial charge in [0, 0.05) is 34.2 Å². The third-order valence-electron chi connectivity index (χ3n) is 4.07. The van der Waals surface area contributed by atoms with E-state index in [0.29, 0.717) is 23.7 Å². The second kappa shape index (κ2) is 10.1. The average Bonchev–Trinajstić information content (AvgIpc) is 3.26. The smallest absolute Gasteiger partial charge is 0.303 e. The van der Waals surface area contributed by atoms with Crippen molar-refractivity contribution < 1.29 is 18.9 Å². The maximum absolute atomic E-state index is 10.3. The van der Waals surface area contributed by atoms with E-state index in [4.69, 9.17) is 20.9 Å². The van der Waals surface area contributed by atoms with Crippen molar-refractivity contribution in [3.05, 3.63) is 0 Å². The maximum Gasteiger partial charge on any atom is 0.303 e. The summed E-state index contributed by atoms with van der Waals surface area (Å²) in [7, 11) is 7.36. The number of carbonyl (C=O) groups is 2. The lowest BCUT2D eigenvalue weighted by Crippen LogP contribution is -2.00. The Balaban J connectivity index is 0.000000326. The van der Waals surface area contributed by atoms with Gasteiger partial charge in [-0.25, -0.2) is 4.21 Å². The lowest BCUT2D eigenvalue weighted by Gasteiger charge is -2.02. The summed E-state index contributed by atoms with van der Waals surface area (Å²) in [6, 6.07) is 0. The Bertz CT molecular complexity index is 371. The number of carbonyl (C=O) groups excluding carboxylic acids is 1. The first-order chi connectivity index (χ1) is 9.98. The van der Waals surface area contributed by atoms with Crippen molar-refractivity contribution in [1.29, 1.82) is 0 Å². The SMILES string of the molecule is CC1(CCC(=O)Cl)CC1.CC1(CCC(=O)O)CC1.O=S(Cl)Cl. The van der Waals surface area contributed by atoms with E-state index in [1.54, 1.807) is 0 Å². The first-order valence-corrected chi connectivity index (χ1v) is 10.3. The fourth-order valence-electron chi connectivity index (χ4n) is 1.74. The summed E-state index contributed by atoms with van der Waals surface area (Å²) in [6.45, 7) is 4.35. The van der Waals surface area contributed by atoms with Crippen molar-refractivity contribution in [3.63, 3.8) is 0 Å². The predicted octanol–water partition coefficient (Wildman–Crippen LogP) is 5.03. The minimum absolute atomic E-state index is 0.192. The van der Waals surface area contributed by atoms with Gasteiger partial charge in [0.2, 0.25) is 14.5 Å². The van der Waals surface area contributed by atoms with Crippen LogP contribution in [0.15, 0.2) is 0 Å². The Hall–Kier alpha value is 0.160. The van der Waals surface area contributed by atoms with Crippen LogP contribution in [-0.2, 0) is 18.8 Å². The van der Waals surface area contributed by atoms with E-state index in [1.165, 1.54) is 25.7 Å². The monoisotopic (exact) mass is 392 g/mol. The van der Waals surface area contributed by atoms with Crippen molar-refractivity contribution in [1.82, 2.24) is 0 Å². The molecule has 22 heavy (non-hydrogen) atoms. The summed E-state index contributed by atoms with van der Waals surface area (Å²) < 4.78 is 9.09. The molecule has 1 N–H and O–H groups in total. The Morgan fingerprint density at radius 1 is 1.00 bits per heavy atom. The number of halogens is 3. The molecular weight excluding hydrogens is 371 g/mol. The molecule has 8 heteroatoms. The first kappa shape index (κ1) is 22.2. The fraction of sp³-hybridized carbons (Fsp3) is 0.857. The number of aliphatic carboxylic acids is 1. The molecule has 2 fully saturated rings. The van der Waals surface area contributed by atoms with Gasteiger partial charge in [-0.3, -0.25) is 9.59 Å². The molecule has 0 bridgehead atoms. The van der Waals surface area contributed by atoms with Gasteiger partial charge >= 0.3 is 5.97 Å². The second-order valence-electron chi connectivity index (χ2n) is 6.55. The van der Waals surface area contributed by atoms with Crippen molar-refractivity contribution in [2.75, 3.05) is 0 Å². The van der Waals surface area contributed by atoms with Crippen LogP contribution in [0.3, 0.4) is 0 Å². The van der Waals surface area contributed by atoms with Gasteiger partial charge < -0.3 is 5.11 Å². The quantitative estimate of drug-likeness (QED) is 0.643. The molecule has 2 saturated carbocycles. The zero-order valence-electron chi connectivity index (χ0n) is 12.9. The normalized spacial score (nSPS) is 19.2. The molecule has 0 aliphatic heterocycles. The summed E-state index contributed by atoms with van der Waals surface area (Å²) >= 11 is 5.17. The van der Waals surface area contributed by atoms with E-state index in [1.807, 2.05) is 0 Å². The third kappa shape index (κ3) is 15.1. The highest BCUT2D eigenvalue weighted by Gasteiger charge is 2.37. The van der Waals surface area contributed by atoms with Crippen LogP contribution in [0.5, 0.6) is 0 Å². The van der Waals surface area contributed by atoms with Crippen molar-refractivity contribution >= 4 is 53.4 Å². The zero-order valence-corrected chi connectivity index (χ0v) is 16.0. The van der Waals surface area contributed by atoms with E-state index >= 15 is 0 Å². The number of carboxylic acids is 1. The first-order valence-electron chi connectivity index (χ1n) is 7.12. The average molecular weight is 394 g/mol. The van der Waals surface area contributed by atoms with Crippen molar-refractivity contribution in [2.45, 2.75) is 65.2 Å². The molecule has 0 aromatic rings. The molecule has 2 aliphatic carbocycles. The summed E-state index contributed by atoms with van der Waals surface area (Å²) in [4.78, 5) is 20.4. The molecule has 0 spiro atoms. The molecule has 0 aromatic carbocycles. The van der Waals surface area contributed by atoms with Crippen LogP contribution in [0.2, 0.25) is 0 Å². The van der Waals surface area contributed by atoms with Crippen LogP contribution >= 0.6 is 33.0 Å². The highest BCUT2D eigenvalue weighted by Crippen LogP contribution is 2.49. The topological polar surface area (TPSA) is 71.4 Å². The zero-order chi connectivity index (χ0) is 17.4. The molecule has 0 radical (unpaired) electrons. The van der Waals surface area contributed by atoms with Gasteiger partial charge in [-0.05, 0) is 61.0 Å². The van der Waals surface area contributed by atoms with E-state index in [9.17, 15) is 9.59 Å². The van der Waals surface area contributed by atoms with Gasteiger partial charge in [0.15, 0.2) is 0 Å². The number of hydrogen-bond acceptors (Lipinski definition) is 3. The molecule has 4 nitrogen and oxygen atoms in total. The van der Waals surface area contributed by atoms with Gasteiger partial charge in [0.05, 0.1) is 0 Å². The summed E-state index contributed by atoms with van der Waals surface area (Å²) in [6.07, 6.45) is 7.74. The number of hydrogen-bond donors (Lipinski definition) is 1. The van der Waals surface area contributed by atoms with Gasteiger partial charge in [-0.15, -0.1) is 0 Å². The lowest BCUT2D eigenvalue weighted by atomic mass is 10.0. The van der Waals surface area contributed by atoms with E-state index in [2.05, 4.69) is 35.2 Å². The van der Waals surface area contributed by atoms with Crippen LogP contribution in [0.4, 0.5) is 0 Å². The number of carboxylic acid groups (broad SMARTS) is 1. The largest absolute Gasteiger partial charge is 0.481 e. The minimum Gasteiger partial charge on any atom is -0.481 e. The summed E-state index contributed by atoms with van der Waals surface area (Å²) in [5, 5.41) is 8.11. The maximum atomic E-state index is 10.3. The van der Waals surface area contributed by atoms with Gasteiger partial charge in [0.1, 0.15) is 0 Å². The van der Waals surface area contributed by atoms with Gasteiger partial charge in [0.25, 0.3) is 0 Å². The summed E-state index contributed by atoms with van der Waals surface area (Å²) in [5.41, 5.74) is 0.878. The third-order valence-corrected chi connectivity index (χ3v) is 4.26. The fourth-order valence-corrected chi connectivity index (χ4v) is 1.83.